The van der Waals surface area contributed by atoms with E-state index in [9.17, 15) is 4.79 Å². The van der Waals surface area contributed by atoms with Crippen LogP contribution in [0.5, 0.6) is 0 Å². The highest BCUT2D eigenvalue weighted by Gasteiger charge is 2.22. The molecule has 1 unspecified atom stereocenters. The number of aromatic nitrogens is 3. The molecule has 2 N–H and O–H groups in total. The van der Waals surface area contributed by atoms with Crippen molar-refractivity contribution in [3.05, 3.63) is 30.1 Å². The van der Waals surface area contributed by atoms with Gasteiger partial charge in [-0.15, -0.1) is 10.2 Å². The zero-order valence-corrected chi connectivity index (χ0v) is 13.1. The molecule has 1 atom stereocenters. The molecule has 0 saturated carbocycles. The third kappa shape index (κ3) is 2.86. The maximum absolute atomic E-state index is 12.1. The van der Waals surface area contributed by atoms with E-state index < -0.39 is 0 Å². The maximum Gasteiger partial charge on any atom is 0.228 e. The van der Waals surface area contributed by atoms with Gasteiger partial charge in [0.05, 0.1) is 5.92 Å². The molecule has 1 fully saturated rings. The molecule has 3 heterocycles. The molecule has 0 bridgehead atoms. The number of carbonyl (C=O) groups excluding carboxylic acids is 1. The van der Waals surface area contributed by atoms with Gasteiger partial charge in [0.2, 0.25) is 5.91 Å². The van der Waals surface area contributed by atoms with Crippen molar-refractivity contribution in [2.75, 3.05) is 18.4 Å². The van der Waals surface area contributed by atoms with Gasteiger partial charge in [0.25, 0.3) is 0 Å². The van der Waals surface area contributed by atoms with E-state index in [-0.39, 0.29) is 11.8 Å². The average Bonchev–Trinajstić information content (AvgIpc) is 3.25. The second-order valence-electron chi connectivity index (χ2n) is 6.30. The number of aryl methyl sites for hydroxylation is 1. The van der Waals surface area contributed by atoms with Gasteiger partial charge in [-0.05, 0) is 50.1 Å². The van der Waals surface area contributed by atoms with Gasteiger partial charge in [-0.3, -0.25) is 4.79 Å². The Balaban J connectivity index is 1.49. The smallest absolute Gasteiger partial charge is 0.228 e. The first kappa shape index (κ1) is 14.4. The Morgan fingerprint density at radius 3 is 2.87 bits per heavy atom. The standard InChI is InChI=1S/C17H21N5O/c23-17(13-8-9-18-11-13)19-14-6-4-12(5-7-14)16-21-20-15-3-1-2-10-22(15)16/h4-7,13,18H,1-3,8-11H2,(H,19,23). The van der Waals surface area contributed by atoms with Crippen LogP contribution in [-0.4, -0.2) is 33.8 Å². The predicted octanol–water partition coefficient (Wildman–Crippen LogP) is 1.83. The molecule has 6 heteroatoms. The van der Waals surface area contributed by atoms with Gasteiger partial charge in [0.15, 0.2) is 5.82 Å². The van der Waals surface area contributed by atoms with Gasteiger partial charge in [-0.1, -0.05) is 0 Å². The Labute approximate surface area is 135 Å². The van der Waals surface area contributed by atoms with Crippen LogP contribution in [0.15, 0.2) is 24.3 Å². The van der Waals surface area contributed by atoms with Crippen LogP contribution in [0.2, 0.25) is 0 Å². The third-order valence-corrected chi connectivity index (χ3v) is 4.70. The summed E-state index contributed by atoms with van der Waals surface area (Å²) in [4.78, 5) is 12.1. The molecule has 23 heavy (non-hydrogen) atoms. The highest BCUT2D eigenvalue weighted by atomic mass is 16.1. The molecule has 0 aliphatic carbocycles. The molecule has 0 spiro atoms. The lowest BCUT2D eigenvalue weighted by molar-refractivity contribution is -0.119. The topological polar surface area (TPSA) is 71.8 Å². The second-order valence-corrected chi connectivity index (χ2v) is 6.30. The number of rotatable bonds is 3. The summed E-state index contributed by atoms with van der Waals surface area (Å²) < 4.78 is 2.21. The van der Waals surface area contributed by atoms with Crippen molar-refractivity contribution in [1.82, 2.24) is 20.1 Å². The Morgan fingerprint density at radius 1 is 1.22 bits per heavy atom. The Hall–Kier alpha value is -2.21. The summed E-state index contributed by atoms with van der Waals surface area (Å²) in [5.41, 5.74) is 1.88. The maximum atomic E-state index is 12.1. The monoisotopic (exact) mass is 311 g/mol. The van der Waals surface area contributed by atoms with Crippen LogP contribution >= 0.6 is 0 Å². The van der Waals surface area contributed by atoms with Crippen molar-refractivity contribution in [2.24, 2.45) is 5.92 Å². The van der Waals surface area contributed by atoms with Crippen molar-refractivity contribution < 1.29 is 4.79 Å². The summed E-state index contributed by atoms with van der Waals surface area (Å²) in [6.07, 6.45) is 4.30. The van der Waals surface area contributed by atoms with Crippen molar-refractivity contribution in [3.63, 3.8) is 0 Å². The molecular weight excluding hydrogens is 290 g/mol. The third-order valence-electron chi connectivity index (χ3n) is 4.70. The van der Waals surface area contributed by atoms with Crippen molar-refractivity contribution in [3.8, 4) is 11.4 Å². The molecule has 1 amide bonds. The number of carbonyl (C=O) groups is 1. The van der Waals surface area contributed by atoms with Gasteiger partial charge in [-0.2, -0.15) is 0 Å². The first-order chi connectivity index (χ1) is 11.3. The summed E-state index contributed by atoms with van der Waals surface area (Å²) >= 11 is 0. The molecule has 4 rings (SSSR count). The minimum absolute atomic E-state index is 0.0817. The number of hydrogen-bond donors (Lipinski definition) is 2. The highest BCUT2D eigenvalue weighted by molar-refractivity contribution is 5.93. The first-order valence-electron chi connectivity index (χ1n) is 8.35. The molecule has 1 aromatic heterocycles. The van der Waals surface area contributed by atoms with Gasteiger partial charge >= 0.3 is 0 Å². The number of benzene rings is 1. The zero-order valence-electron chi connectivity index (χ0n) is 13.1. The zero-order chi connectivity index (χ0) is 15.6. The summed E-state index contributed by atoms with van der Waals surface area (Å²) in [6, 6.07) is 7.91. The lowest BCUT2D eigenvalue weighted by atomic mass is 10.1. The molecule has 0 radical (unpaired) electrons. The average molecular weight is 311 g/mol. The minimum atomic E-state index is 0.0817. The SMILES string of the molecule is O=C(Nc1ccc(-c2nnc3n2CCCC3)cc1)C1CCNC1. The molecule has 6 nitrogen and oxygen atoms in total. The van der Waals surface area contributed by atoms with Crippen LogP contribution in [0.3, 0.4) is 0 Å². The van der Waals surface area contributed by atoms with E-state index in [1.165, 1.54) is 12.8 Å². The summed E-state index contributed by atoms with van der Waals surface area (Å²) in [5.74, 6) is 2.19. The number of fused-ring (bicyclic) bond motifs is 1. The summed E-state index contributed by atoms with van der Waals surface area (Å²) in [5, 5.41) is 14.8. The van der Waals surface area contributed by atoms with E-state index in [1.807, 2.05) is 24.3 Å². The van der Waals surface area contributed by atoms with Gasteiger partial charge in [0, 0.05) is 30.8 Å². The van der Waals surface area contributed by atoms with E-state index in [4.69, 9.17) is 0 Å². The van der Waals surface area contributed by atoms with Crippen molar-refractivity contribution in [1.29, 1.82) is 0 Å². The fourth-order valence-electron chi connectivity index (χ4n) is 3.35. The molecule has 1 aromatic carbocycles. The fourth-order valence-corrected chi connectivity index (χ4v) is 3.35. The van der Waals surface area contributed by atoms with E-state index in [0.29, 0.717) is 0 Å². The van der Waals surface area contributed by atoms with Gasteiger partial charge < -0.3 is 15.2 Å². The van der Waals surface area contributed by atoms with E-state index >= 15 is 0 Å². The van der Waals surface area contributed by atoms with E-state index in [0.717, 1.165) is 55.4 Å². The Morgan fingerprint density at radius 2 is 2.09 bits per heavy atom. The van der Waals surface area contributed by atoms with Crippen molar-refractivity contribution in [2.45, 2.75) is 32.2 Å². The molecule has 120 valence electrons. The quantitative estimate of drug-likeness (QED) is 0.907. The number of anilines is 1. The van der Waals surface area contributed by atoms with Gasteiger partial charge in [0.1, 0.15) is 5.82 Å². The normalized spacial score (nSPS) is 20.3. The van der Waals surface area contributed by atoms with E-state index in [2.05, 4.69) is 25.4 Å². The number of amides is 1. The molecule has 2 aliphatic heterocycles. The number of nitrogens with one attached hydrogen (secondary N) is 2. The van der Waals surface area contributed by atoms with E-state index in [1.54, 1.807) is 0 Å². The fraction of sp³-hybridized carbons (Fsp3) is 0.471. The number of hydrogen-bond acceptors (Lipinski definition) is 4. The van der Waals surface area contributed by atoms with Crippen LogP contribution in [0.4, 0.5) is 5.69 Å². The lowest BCUT2D eigenvalue weighted by Crippen LogP contribution is -2.24. The Kier molecular flexibility index (Phi) is 3.83. The van der Waals surface area contributed by atoms with Crippen LogP contribution in [0.25, 0.3) is 11.4 Å². The van der Waals surface area contributed by atoms with Crippen LogP contribution < -0.4 is 10.6 Å². The van der Waals surface area contributed by atoms with Gasteiger partial charge in [-0.25, -0.2) is 0 Å². The predicted molar refractivity (Wildman–Crippen MR) is 88.0 cm³/mol. The van der Waals surface area contributed by atoms with Crippen LogP contribution in [0.1, 0.15) is 25.1 Å². The Bertz CT molecular complexity index is 700. The molecule has 2 aromatic rings. The van der Waals surface area contributed by atoms with Crippen LogP contribution in [0, 0.1) is 5.92 Å². The lowest BCUT2D eigenvalue weighted by Gasteiger charge is -2.15. The minimum Gasteiger partial charge on any atom is -0.326 e. The van der Waals surface area contributed by atoms with Crippen LogP contribution in [-0.2, 0) is 17.8 Å². The molecule has 1 saturated heterocycles. The highest BCUT2D eigenvalue weighted by Crippen LogP contribution is 2.24. The number of nitrogens with zero attached hydrogens (tertiary/aromatic N) is 3. The van der Waals surface area contributed by atoms with Crippen molar-refractivity contribution >= 4 is 11.6 Å². The summed E-state index contributed by atoms with van der Waals surface area (Å²) in [6.45, 7) is 2.69. The molecular formula is C17H21N5O. The summed E-state index contributed by atoms with van der Waals surface area (Å²) in [7, 11) is 0. The second kappa shape index (κ2) is 6.12. The largest absolute Gasteiger partial charge is 0.326 e. The molecule has 2 aliphatic rings. The first-order valence-corrected chi connectivity index (χ1v) is 8.35.